The van der Waals surface area contributed by atoms with Gasteiger partial charge in [0.2, 0.25) is 0 Å². The van der Waals surface area contributed by atoms with Gasteiger partial charge in [-0.25, -0.2) is 0 Å². The fourth-order valence-electron chi connectivity index (χ4n) is 2.31. The van der Waals surface area contributed by atoms with Crippen molar-refractivity contribution in [1.82, 2.24) is 5.43 Å². The van der Waals surface area contributed by atoms with E-state index in [1.165, 1.54) is 6.07 Å². The van der Waals surface area contributed by atoms with Crippen LogP contribution in [0, 0.1) is 6.92 Å². The summed E-state index contributed by atoms with van der Waals surface area (Å²) >= 11 is 0. The average Bonchev–Trinajstić information content (AvgIpc) is 2.93. The lowest BCUT2D eigenvalue weighted by Gasteiger charge is -2.19. The van der Waals surface area contributed by atoms with Crippen molar-refractivity contribution in [3.63, 3.8) is 0 Å². The summed E-state index contributed by atoms with van der Waals surface area (Å²) in [6, 6.07) is 7.13. The maximum atomic E-state index is 12.7. The maximum Gasteiger partial charge on any atom is 0.416 e. The molecule has 0 radical (unpaired) electrons. The molecule has 0 saturated carbocycles. The van der Waals surface area contributed by atoms with Crippen LogP contribution < -0.4 is 11.3 Å². The lowest BCUT2D eigenvalue weighted by molar-refractivity contribution is -0.137. The van der Waals surface area contributed by atoms with Crippen LogP contribution in [0.1, 0.15) is 34.9 Å². The van der Waals surface area contributed by atoms with Gasteiger partial charge in [0.1, 0.15) is 5.76 Å². The smallest absolute Gasteiger partial charge is 0.416 e. The van der Waals surface area contributed by atoms with Crippen LogP contribution in [-0.2, 0) is 12.6 Å². The van der Waals surface area contributed by atoms with Gasteiger partial charge in [0, 0.05) is 12.5 Å². The Labute approximate surface area is 120 Å². The zero-order valence-electron chi connectivity index (χ0n) is 11.6. The molecule has 1 unspecified atom stereocenters. The van der Waals surface area contributed by atoms with Crippen LogP contribution in [-0.4, -0.2) is 0 Å². The molecule has 1 aromatic carbocycles. The van der Waals surface area contributed by atoms with Gasteiger partial charge in [0.15, 0.2) is 0 Å². The van der Waals surface area contributed by atoms with Gasteiger partial charge >= 0.3 is 6.18 Å². The van der Waals surface area contributed by atoms with Crippen LogP contribution in [0.15, 0.2) is 41.0 Å². The Morgan fingerprint density at radius 2 is 2.05 bits per heavy atom. The number of furan rings is 1. The van der Waals surface area contributed by atoms with Crippen molar-refractivity contribution in [2.75, 3.05) is 0 Å². The summed E-state index contributed by atoms with van der Waals surface area (Å²) in [4.78, 5) is 0. The molecule has 3 N–H and O–H groups in total. The molecular formula is C15H17F3N2O. The Balaban J connectivity index is 2.14. The SMILES string of the molecule is Cc1cc(C(F)(F)F)ccc1C(CCc1ccco1)NN. The van der Waals surface area contributed by atoms with Crippen molar-refractivity contribution in [1.29, 1.82) is 0 Å². The molecule has 6 heteroatoms. The minimum atomic E-state index is -4.33. The van der Waals surface area contributed by atoms with Gasteiger partial charge in [-0.2, -0.15) is 13.2 Å². The Morgan fingerprint density at radius 1 is 1.29 bits per heavy atom. The van der Waals surface area contributed by atoms with Gasteiger partial charge < -0.3 is 4.42 Å². The number of alkyl halides is 3. The van der Waals surface area contributed by atoms with E-state index in [2.05, 4.69) is 5.43 Å². The maximum absolute atomic E-state index is 12.7. The third-order valence-corrected chi connectivity index (χ3v) is 3.43. The van der Waals surface area contributed by atoms with Gasteiger partial charge in [-0.05, 0) is 48.7 Å². The summed E-state index contributed by atoms with van der Waals surface area (Å²) in [5.41, 5.74) is 3.33. The zero-order chi connectivity index (χ0) is 15.5. The normalized spacial score (nSPS) is 13.4. The zero-order valence-corrected chi connectivity index (χ0v) is 11.6. The molecule has 0 bridgehead atoms. The number of benzene rings is 1. The summed E-state index contributed by atoms with van der Waals surface area (Å²) in [6.45, 7) is 1.65. The molecule has 2 rings (SSSR count). The molecule has 21 heavy (non-hydrogen) atoms. The molecule has 3 nitrogen and oxygen atoms in total. The number of hydrogen-bond acceptors (Lipinski definition) is 3. The molecule has 0 spiro atoms. The molecule has 2 aromatic rings. The summed E-state index contributed by atoms with van der Waals surface area (Å²) in [5.74, 6) is 6.35. The number of nitrogens with one attached hydrogen (secondary N) is 1. The molecule has 1 aromatic heterocycles. The average molecular weight is 298 g/mol. The van der Waals surface area contributed by atoms with E-state index in [1.54, 1.807) is 19.3 Å². The standard InChI is InChI=1S/C15H17F3N2O/c1-10-9-11(15(16,17)18)4-6-13(10)14(20-19)7-5-12-3-2-8-21-12/h2-4,6,8-9,14,20H,5,7,19H2,1H3. The molecule has 0 saturated heterocycles. The Bertz CT molecular complexity index is 579. The van der Waals surface area contributed by atoms with E-state index < -0.39 is 11.7 Å². The van der Waals surface area contributed by atoms with Crippen LogP contribution in [0.4, 0.5) is 13.2 Å². The Morgan fingerprint density at radius 3 is 2.57 bits per heavy atom. The lowest BCUT2D eigenvalue weighted by Crippen LogP contribution is -2.29. The Kier molecular flexibility index (Phi) is 4.69. The number of aryl methyl sites for hydroxylation is 2. The van der Waals surface area contributed by atoms with E-state index in [0.29, 0.717) is 18.4 Å². The van der Waals surface area contributed by atoms with Gasteiger partial charge in [-0.15, -0.1) is 0 Å². The third kappa shape index (κ3) is 3.86. The molecule has 0 fully saturated rings. The van der Waals surface area contributed by atoms with E-state index in [-0.39, 0.29) is 6.04 Å². The Hall–Kier alpha value is -1.79. The van der Waals surface area contributed by atoms with E-state index in [9.17, 15) is 13.2 Å². The van der Waals surface area contributed by atoms with Crippen molar-refractivity contribution in [2.45, 2.75) is 32.0 Å². The molecule has 1 atom stereocenters. The first-order valence-corrected chi connectivity index (χ1v) is 6.58. The van der Waals surface area contributed by atoms with E-state index in [1.807, 2.05) is 6.07 Å². The second-order valence-corrected chi connectivity index (χ2v) is 4.91. The predicted octanol–water partition coefficient (Wildman–Crippen LogP) is 3.74. The topological polar surface area (TPSA) is 51.2 Å². The first-order valence-electron chi connectivity index (χ1n) is 6.58. The lowest BCUT2D eigenvalue weighted by atomic mass is 9.95. The van der Waals surface area contributed by atoms with E-state index in [4.69, 9.17) is 10.3 Å². The van der Waals surface area contributed by atoms with Gasteiger partial charge in [-0.1, -0.05) is 6.07 Å². The van der Waals surface area contributed by atoms with Crippen LogP contribution in [0.3, 0.4) is 0 Å². The molecule has 0 aliphatic carbocycles. The number of nitrogens with two attached hydrogens (primary N) is 1. The van der Waals surface area contributed by atoms with E-state index >= 15 is 0 Å². The predicted molar refractivity (Wildman–Crippen MR) is 73.3 cm³/mol. The molecule has 0 amide bonds. The fourth-order valence-corrected chi connectivity index (χ4v) is 2.31. The molecule has 114 valence electrons. The highest BCUT2D eigenvalue weighted by molar-refractivity contribution is 5.34. The molecule has 0 aliphatic rings. The van der Waals surface area contributed by atoms with Crippen molar-refractivity contribution in [2.24, 2.45) is 5.84 Å². The second kappa shape index (κ2) is 6.32. The number of rotatable bonds is 5. The number of hydrazine groups is 1. The highest BCUT2D eigenvalue weighted by Gasteiger charge is 2.31. The summed E-state index contributed by atoms with van der Waals surface area (Å²) < 4.78 is 43.2. The van der Waals surface area contributed by atoms with Crippen molar-refractivity contribution >= 4 is 0 Å². The molecule has 1 heterocycles. The van der Waals surface area contributed by atoms with Crippen LogP contribution in [0.5, 0.6) is 0 Å². The summed E-state index contributed by atoms with van der Waals surface area (Å²) in [6.07, 6.45) is -1.45. The summed E-state index contributed by atoms with van der Waals surface area (Å²) in [7, 11) is 0. The van der Waals surface area contributed by atoms with Gasteiger partial charge in [0.25, 0.3) is 0 Å². The highest BCUT2D eigenvalue weighted by atomic mass is 19.4. The molecule has 0 aliphatic heterocycles. The van der Waals surface area contributed by atoms with Gasteiger partial charge in [0.05, 0.1) is 11.8 Å². The third-order valence-electron chi connectivity index (χ3n) is 3.43. The van der Waals surface area contributed by atoms with Crippen LogP contribution in [0.2, 0.25) is 0 Å². The van der Waals surface area contributed by atoms with Crippen molar-refractivity contribution in [3.05, 3.63) is 59.0 Å². The highest BCUT2D eigenvalue weighted by Crippen LogP contribution is 2.32. The van der Waals surface area contributed by atoms with Gasteiger partial charge in [-0.3, -0.25) is 11.3 Å². The quantitative estimate of drug-likeness (QED) is 0.653. The summed E-state index contributed by atoms with van der Waals surface area (Å²) in [5, 5.41) is 0. The second-order valence-electron chi connectivity index (χ2n) is 4.91. The monoisotopic (exact) mass is 298 g/mol. The van der Waals surface area contributed by atoms with Crippen molar-refractivity contribution in [3.8, 4) is 0 Å². The minimum Gasteiger partial charge on any atom is -0.469 e. The van der Waals surface area contributed by atoms with Crippen LogP contribution in [0.25, 0.3) is 0 Å². The van der Waals surface area contributed by atoms with E-state index in [0.717, 1.165) is 23.5 Å². The largest absolute Gasteiger partial charge is 0.469 e. The number of hydrogen-bond donors (Lipinski definition) is 2. The first kappa shape index (κ1) is 15.6. The number of halogens is 3. The minimum absolute atomic E-state index is 0.225. The fraction of sp³-hybridized carbons (Fsp3) is 0.333. The first-order chi connectivity index (χ1) is 9.91. The van der Waals surface area contributed by atoms with Crippen molar-refractivity contribution < 1.29 is 17.6 Å². The molecular weight excluding hydrogens is 281 g/mol. The van der Waals surface area contributed by atoms with Crippen LogP contribution >= 0.6 is 0 Å².